The van der Waals surface area contributed by atoms with E-state index in [9.17, 15) is 0 Å². The molecule has 1 heterocycles. The molecule has 5 heteroatoms. The number of oxazole rings is 1. The van der Waals surface area contributed by atoms with Crippen molar-refractivity contribution >= 4 is 35.3 Å². The molecule has 0 aliphatic heterocycles. The molecule has 0 spiro atoms. The summed E-state index contributed by atoms with van der Waals surface area (Å²) in [4.78, 5) is 4.93. The second-order valence-electron chi connectivity index (χ2n) is 4.49. The summed E-state index contributed by atoms with van der Waals surface area (Å²) in [7, 11) is 0. The van der Waals surface area contributed by atoms with Gasteiger partial charge in [0.15, 0.2) is 0 Å². The van der Waals surface area contributed by atoms with Gasteiger partial charge in [-0.2, -0.15) is 0 Å². The molecule has 0 saturated heterocycles. The zero-order valence-electron chi connectivity index (χ0n) is 9.80. The second-order valence-corrected chi connectivity index (χ2v) is 5.31. The fourth-order valence-electron chi connectivity index (χ4n) is 1.26. The Morgan fingerprint density at radius 3 is 2.50 bits per heavy atom. The standard InChI is InChI=1S/C11H12ClNOS.Na/c1-11(2,3)10-13-7-5-4-6(12)9(15)8(7)14-10;/h4-5,15H,1-3H3;/q;+1/p-1. The van der Waals surface area contributed by atoms with Gasteiger partial charge < -0.3 is 17.0 Å². The summed E-state index contributed by atoms with van der Waals surface area (Å²) in [6.45, 7) is 6.13. The predicted octanol–water partition coefficient (Wildman–Crippen LogP) is 0.689. The van der Waals surface area contributed by atoms with Crippen LogP contribution in [0.2, 0.25) is 5.02 Å². The van der Waals surface area contributed by atoms with Crippen LogP contribution in [0.25, 0.3) is 11.1 Å². The summed E-state index contributed by atoms with van der Waals surface area (Å²) in [6, 6.07) is 3.58. The van der Waals surface area contributed by atoms with E-state index >= 15 is 0 Å². The van der Waals surface area contributed by atoms with E-state index in [2.05, 4.69) is 4.98 Å². The van der Waals surface area contributed by atoms with Gasteiger partial charge in [0.2, 0.25) is 5.89 Å². The Morgan fingerprint density at radius 2 is 1.94 bits per heavy atom. The van der Waals surface area contributed by atoms with Crippen molar-refractivity contribution in [3.63, 3.8) is 0 Å². The van der Waals surface area contributed by atoms with Gasteiger partial charge in [0.1, 0.15) is 11.1 Å². The molecule has 0 aliphatic carbocycles. The van der Waals surface area contributed by atoms with Crippen molar-refractivity contribution in [1.82, 2.24) is 4.98 Å². The number of fused-ring (bicyclic) bond motifs is 1. The van der Waals surface area contributed by atoms with Crippen molar-refractivity contribution in [2.24, 2.45) is 0 Å². The van der Waals surface area contributed by atoms with E-state index < -0.39 is 0 Å². The van der Waals surface area contributed by atoms with Crippen LogP contribution in [-0.2, 0) is 18.0 Å². The molecule has 0 atom stereocenters. The molecule has 2 rings (SSSR count). The van der Waals surface area contributed by atoms with E-state index in [-0.39, 0.29) is 35.0 Å². The van der Waals surface area contributed by atoms with Crippen molar-refractivity contribution in [3.8, 4) is 0 Å². The number of nitrogens with zero attached hydrogens (tertiary/aromatic N) is 1. The first-order chi connectivity index (χ1) is 6.89. The molecular formula is C11H11ClNNaOS. The van der Waals surface area contributed by atoms with Gasteiger partial charge in [-0.15, -0.1) is 4.90 Å². The van der Waals surface area contributed by atoms with E-state index in [1.165, 1.54) is 0 Å². The first-order valence-electron chi connectivity index (χ1n) is 4.66. The number of aromatic nitrogens is 1. The van der Waals surface area contributed by atoms with Crippen LogP contribution in [-0.4, -0.2) is 4.98 Å². The Bertz CT molecular complexity index is 518. The van der Waals surface area contributed by atoms with E-state index in [0.717, 1.165) is 5.52 Å². The molecule has 0 bridgehead atoms. The molecule has 0 N–H and O–H groups in total. The first kappa shape index (κ1) is 14.3. The maximum atomic E-state index is 5.92. The largest absolute Gasteiger partial charge is 1.00 e. The predicted molar refractivity (Wildman–Crippen MR) is 63.4 cm³/mol. The molecule has 0 fully saturated rings. The Kier molecular flexibility index (Phi) is 4.30. The summed E-state index contributed by atoms with van der Waals surface area (Å²) in [5.74, 6) is 0.686. The summed E-state index contributed by atoms with van der Waals surface area (Å²) in [5, 5.41) is 0.536. The van der Waals surface area contributed by atoms with Gasteiger partial charge >= 0.3 is 29.6 Å². The molecular weight excluding hydrogens is 253 g/mol. The average Bonchev–Trinajstić information content (AvgIpc) is 2.55. The molecule has 0 amide bonds. The third kappa shape index (κ3) is 2.54. The normalized spacial score (nSPS) is 11.5. The van der Waals surface area contributed by atoms with Crippen LogP contribution >= 0.6 is 11.6 Å². The molecule has 16 heavy (non-hydrogen) atoms. The van der Waals surface area contributed by atoms with Crippen molar-refractivity contribution < 1.29 is 34.0 Å². The number of hydrogen-bond acceptors (Lipinski definition) is 3. The van der Waals surface area contributed by atoms with Gasteiger partial charge in [-0.25, -0.2) is 4.98 Å². The van der Waals surface area contributed by atoms with E-state index in [4.69, 9.17) is 28.6 Å². The van der Waals surface area contributed by atoms with Crippen LogP contribution in [0.15, 0.2) is 21.4 Å². The van der Waals surface area contributed by atoms with Crippen molar-refractivity contribution in [2.45, 2.75) is 31.1 Å². The zero-order valence-corrected chi connectivity index (χ0v) is 13.4. The van der Waals surface area contributed by atoms with Crippen LogP contribution in [0.5, 0.6) is 0 Å². The van der Waals surface area contributed by atoms with Gasteiger partial charge in [0.05, 0.1) is 0 Å². The number of hydrogen-bond donors (Lipinski definition) is 0. The summed E-state index contributed by atoms with van der Waals surface area (Å²) < 4.78 is 5.64. The molecule has 80 valence electrons. The van der Waals surface area contributed by atoms with Crippen LogP contribution < -0.4 is 29.6 Å². The average molecular weight is 264 g/mol. The molecule has 0 unspecified atom stereocenters. The van der Waals surface area contributed by atoms with Gasteiger partial charge in [-0.05, 0) is 12.1 Å². The molecule has 1 aromatic carbocycles. The number of rotatable bonds is 0. The molecule has 0 aliphatic rings. The fourth-order valence-corrected chi connectivity index (χ4v) is 1.63. The van der Waals surface area contributed by atoms with Crippen molar-refractivity contribution in [2.75, 3.05) is 0 Å². The van der Waals surface area contributed by atoms with Crippen LogP contribution in [0.4, 0.5) is 0 Å². The number of benzene rings is 1. The number of halogens is 1. The minimum Gasteiger partial charge on any atom is -0.775 e. The minimum absolute atomic E-state index is 0. The third-order valence-electron chi connectivity index (χ3n) is 2.11. The van der Waals surface area contributed by atoms with E-state index in [1.807, 2.05) is 26.8 Å². The van der Waals surface area contributed by atoms with Crippen LogP contribution in [0, 0.1) is 0 Å². The quantitative estimate of drug-likeness (QED) is 0.517. The van der Waals surface area contributed by atoms with Gasteiger partial charge in [0, 0.05) is 10.4 Å². The van der Waals surface area contributed by atoms with E-state index in [1.54, 1.807) is 6.07 Å². The van der Waals surface area contributed by atoms with Crippen molar-refractivity contribution in [1.29, 1.82) is 0 Å². The fraction of sp³-hybridized carbons (Fsp3) is 0.364. The van der Waals surface area contributed by atoms with Gasteiger partial charge in [-0.3, -0.25) is 0 Å². The Balaban J connectivity index is 0.00000128. The minimum atomic E-state index is -0.118. The van der Waals surface area contributed by atoms with Crippen LogP contribution in [0.3, 0.4) is 0 Å². The SMILES string of the molecule is CC(C)(C)c1nc2ccc(Cl)c([S-])c2o1.[Na+]. The summed E-state index contributed by atoms with van der Waals surface area (Å²) in [5.41, 5.74) is 1.27. The molecule has 2 aromatic rings. The monoisotopic (exact) mass is 263 g/mol. The Morgan fingerprint density at radius 1 is 1.31 bits per heavy atom. The first-order valence-corrected chi connectivity index (χ1v) is 5.45. The topological polar surface area (TPSA) is 26.0 Å². The smallest absolute Gasteiger partial charge is 0.775 e. The molecule has 1 aromatic heterocycles. The summed E-state index contributed by atoms with van der Waals surface area (Å²) >= 11 is 11.1. The van der Waals surface area contributed by atoms with E-state index in [0.29, 0.717) is 21.4 Å². The maximum Gasteiger partial charge on any atom is 1.00 e. The van der Waals surface area contributed by atoms with Gasteiger partial charge in [0.25, 0.3) is 0 Å². The third-order valence-corrected chi connectivity index (χ3v) is 2.94. The summed E-state index contributed by atoms with van der Waals surface area (Å²) in [6.07, 6.45) is 0. The Hall–Kier alpha value is 0.200. The maximum absolute atomic E-state index is 5.92. The van der Waals surface area contributed by atoms with Crippen molar-refractivity contribution in [3.05, 3.63) is 23.0 Å². The molecule has 0 saturated carbocycles. The Labute approximate surface area is 127 Å². The zero-order chi connectivity index (χ0) is 11.2. The second kappa shape index (κ2) is 4.83. The molecule has 0 radical (unpaired) electrons. The van der Waals surface area contributed by atoms with Crippen LogP contribution in [0.1, 0.15) is 26.7 Å². The van der Waals surface area contributed by atoms with Gasteiger partial charge in [-0.1, -0.05) is 32.4 Å². The molecule has 2 nitrogen and oxygen atoms in total.